The first-order chi connectivity index (χ1) is 12.6. The van der Waals surface area contributed by atoms with Crippen molar-refractivity contribution in [1.29, 1.82) is 0 Å². The molecule has 0 saturated carbocycles. The number of hydrogen-bond donors (Lipinski definition) is 2. The molecule has 2 atom stereocenters. The third-order valence-corrected chi connectivity index (χ3v) is 5.00. The number of hydrogen-bond acceptors (Lipinski definition) is 3. The van der Waals surface area contributed by atoms with Gasteiger partial charge < -0.3 is 11.1 Å². The van der Waals surface area contributed by atoms with Crippen LogP contribution in [0.25, 0.3) is 0 Å². The van der Waals surface area contributed by atoms with Gasteiger partial charge in [-0.05, 0) is 29.8 Å². The molecule has 0 radical (unpaired) electrons. The van der Waals surface area contributed by atoms with Crippen LogP contribution in [0.15, 0.2) is 54.6 Å². The highest BCUT2D eigenvalue weighted by molar-refractivity contribution is 5.85. The molecule has 4 nitrogen and oxygen atoms in total. The maximum atomic E-state index is 12.6. The summed E-state index contributed by atoms with van der Waals surface area (Å²) in [5.41, 5.74) is 9.68. The zero-order chi connectivity index (χ0) is 18.9. The molecule has 0 bridgehead atoms. The van der Waals surface area contributed by atoms with E-state index in [1.54, 1.807) is 0 Å². The second kappa shape index (κ2) is 13.6. The lowest BCUT2D eigenvalue weighted by Crippen LogP contribution is -2.35. The normalized spacial score (nSPS) is 12.5. The molecule has 0 aliphatic rings. The quantitative estimate of drug-likeness (QED) is 0.628. The van der Waals surface area contributed by atoms with Gasteiger partial charge in [0.25, 0.3) is 0 Å². The van der Waals surface area contributed by atoms with Crippen molar-refractivity contribution >= 4 is 30.7 Å². The van der Waals surface area contributed by atoms with Crippen LogP contribution in [0.2, 0.25) is 0 Å². The minimum absolute atomic E-state index is 0. The zero-order valence-corrected chi connectivity index (χ0v) is 18.6. The van der Waals surface area contributed by atoms with Crippen molar-refractivity contribution in [1.82, 2.24) is 10.2 Å². The lowest BCUT2D eigenvalue weighted by atomic mass is 9.94. The van der Waals surface area contributed by atoms with Gasteiger partial charge in [0.1, 0.15) is 0 Å². The molecule has 3 N–H and O–H groups in total. The molecule has 0 heterocycles. The Kier molecular flexibility index (Phi) is 12.8. The van der Waals surface area contributed by atoms with Crippen LogP contribution in [0.3, 0.4) is 0 Å². The maximum Gasteiger partial charge on any atom is 0.225 e. The Bertz CT molecular complexity index is 693. The predicted octanol–water partition coefficient (Wildman–Crippen LogP) is 4.32. The fourth-order valence-corrected chi connectivity index (χ4v) is 3.04. The van der Waals surface area contributed by atoms with Crippen molar-refractivity contribution < 1.29 is 4.79 Å². The van der Waals surface area contributed by atoms with E-state index < -0.39 is 0 Å². The van der Waals surface area contributed by atoms with Gasteiger partial charge in [-0.15, -0.1) is 24.8 Å². The summed E-state index contributed by atoms with van der Waals surface area (Å²) in [5, 5.41) is 3.06. The van der Waals surface area contributed by atoms with Crippen molar-refractivity contribution in [2.45, 2.75) is 39.9 Å². The molecule has 2 unspecified atom stereocenters. The molecule has 0 aliphatic heterocycles. The van der Waals surface area contributed by atoms with Gasteiger partial charge >= 0.3 is 0 Å². The van der Waals surface area contributed by atoms with Crippen molar-refractivity contribution in [2.75, 3.05) is 13.1 Å². The minimum atomic E-state index is -0.304. The van der Waals surface area contributed by atoms with E-state index in [4.69, 9.17) is 5.73 Å². The third-order valence-electron chi connectivity index (χ3n) is 5.00. The van der Waals surface area contributed by atoms with Crippen molar-refractivity contribution in [3.8, 4) is 0 Å². The molecule has 2 rings (SSSR count). The SMILES string of the molecule is CCN(CC)Cc1ccccc1CNC(=O)C(C)C(N)c1ccccc1.Cl.Cl. The zero-order valence-electron chi connectivity index (χ0n) is 16.9. The average molecular weight is 426 g/mol. The average Bonchev–Trinajstić information content (AvgIpc) is 2.70. The van der Waals surface area contributed by atoms with Gasteiger partial charge in [0, 0.05) is 19.1 Å². The van der Waals surface area contributed by atoms with Crippen LogP contribution in [0.5, 0.6) is 0 Å². The molecule has 0 aliphatic carbocycles. The van der Waals surface area contributed by atoms with Gasteiger partial charge in [0.05, 0.1) is 5.92 Å². The number of rotatable bonds is 9. The monoisotopic (exact) mass is 425 g/mol. The standard InChI is InChI=1S/C22H31N3O.2ClH/c1-4-25(5-2)16-20-14-10-9-13-19(20)15-24-22(26)17(3)21(23)18-11-7-6-8-12-18;;/h6-14,17,21H,4-5,15-16,23H2,1-3H3,(H,24,26);2*1H. The number of carbonyl (C=O) groups excluding carboxylic acids is 1. The number of nitrogens with one attached hydrogen (secondary N) is 1. The molecule has 6 heteroatoms. The molecule has 156 valence electrons. The number of nitrogens with zero attached hydrogens (tertiary/aromatic N) is 1. The second-order valence-electron chi connectivity index (χ2n) is 6.67. The topological polar surface area (TPSA) is 58.4 Å². The molecule has 0 fully saturated rings. The lowest BCUT2D eigenvalue weighted by Gasteiger charge is -2.22. The lowest BCUT2D eigenvalue weighted by molar-refractivity contribution is -0.125. The molecule has 0 spiro atoms. The molecule has 1 amide bonds. The van der Waals surface area contributed by atoms with E-state index in [0.717, 1.165) is 30.8 Å². The molecule has 0 aromatic heterocycles. The van der Waals surface area contributed by atoms with E-state index in [1.807, 2.05) is 43.3 Å². The number of nitrogens with two attached hydrogens (primary N) is 1. The van der Waals surface area contributed by atoms with Crippen molar-refractivity contribution in [3.63, 3.8) is 0 Å². The Labute approximate surface area is 181 Å². The summed E-state index contributed by atoms with van der Waals surface area (Å²) >= 11 is 0. The largest absolute Gasteiger partial charge is 0.352 e. The van der Waals surface area contributed by atoms with Crippen molar-refractivity contribution in [3.05, 3.63) is 71.3 Å². The van der Waals surface area contributed by atoms with Crippen LogP contribution in [-0.2, 0) is 17.9 Å². The van der Waals surface area contributed by atoms with E-state index in [0.29, 0.717) is 6.54 Å². The van der Waals surface area contributed by atoms with Crippen molar-refractivity contribution in [2.24, 2.45) is 11.7 Å². The Morgan fingerprint density at radius 2 is 1.50 bits per heavy atom. The second-order valence-corrected chi connectivity index (χ2v) is 6.67. The first-order valence-electron chi connectivity index (χ1n) is 9.44. The molecule has 0 saturated heterocycles. The smallest absolute Gasteiger partial charge is 0.225 e. The highest BCUT2D eigenvalue weighted by atomic mass is 35.5. The van der Waals surface area contributed by atoms with Gasteiger partial charge in [0.2, 0.25) is 5.91 Å². The van der Waals surface area contributed by atoms with Crippen LogP contribution >= 0.6 is 24.8 Å². The van der Waals surface area contributed by atoms with Gasteiger partial charge in [-0.3, -0.25) is 9.69 Å². The summed E-state index contributed by atoms with van der Waals surface area (Å²) in [7, 11) is 0. The van der Waals surface area contributed by atoms with E-state index in [-0.39, 0.29) is 42.7 Å². The Balaban J connectivity index is 0.00000364. The molecule has 2 aromatic rings. The summed E-state index contributed by atoms with van der Waals surface area (Å²) in [6, 6.07) is 17.8. The van der Waals surface area contributed by atoms with Gasteiger partial charge in [-0.25, -0.2) is 0 Å². The van der Waals surface area contributed by atoms with E-state index in [9.17, 15) is 4.79 Å². The Hall–Kier alpha value is -1.59. The fraction of sp³-hybridized carbons (Fsp3) is 0.409. The summed E-state index contributed by atoms with van der Waals surface area (Å²) in [5.74, 6) is -0.300. The predicted molar refractivity (Wildman–Crippen MR) is 122 cm³/mol. The Morgan fingerprint density at radius 1 is 0.964 bits per heavy atom. The highest BCUT2D eigenvalue weighted by Gasteiger charge is 2.22. The molecule has 28 heavy (non-hydrogen) atoms. The fourth-order valence-electron chi connectivity index (χ4n) is 3.04. The maximum absolute atomic E-state index is 12.6. The van der Waals surface area contributed by atoms with Gasteiger partial charge in [-0.2, -0.15) is 0 Å². The van der Waals surface area contributed by atoms with Crippen LogP contribution in [-0.4, -0.2) is 23.9 Å². The minimum Gasteiger partial charge on any atom is -0.352 e. The Morgan fingerprint density at radius 3 is 2.07 bits per heavy atom. The van der Waals surface area contributed by atoms with Gasteiger partial charge in [-0.1, -0.05) is 75.4 Å². The number of benzene rings is 2. The van der Waals surface area contributed by atoms with Gasteiger partial charge in [0.15, 0.2) is 0 Å². The van der Waals surface area contributed by atoms with Crippen LogP contribution in [0.4, 0.5) is 0 Å². The van der Waals surface area contributed by atoms with E-state index >= 15 is 0 Å². The third kappa shape index (κ3) is 7.44. The molecule has 2 aromatic carbocycles. The summed E-state index contributed by atoms with van der Waals surface area (Å²) in [6.07, 6.45) is 0. The first kappa shape index (κ1) is 26.4. The summed E-state index contributed by atoms with van der Waals surface area (Å²) in [4.78, 5) is 14.9. The molecular formula is C22H33Cl2N3O. The number of carbonyl (C=O) groups is 1. The summed E-state index contributed by atoms with van der Waals surface area (Å²) in [6.45, 7) is 9.68. The van der Waals surface area contributed by atoms with Crippen LogP contribution < -0.4 is 11.1 Å². The van der Waals surface area contributed by atoms with Crippen LogP contribution in [0.1, 0.15) is 43.5 Å². The number of halogens is 2. The first-order valence-corrected chi connectivity index (χ1v) is 9.44. The van der Waals surface area contributed by atoms with E-state index in [1.165, 1.54) is 5.56 Å². The van der Waals surface area contributed by atoms with E-state index in [2.05, 4.69) is 42.3 Å². The van der Waals surface area contributed by atoms with Crippen LogP contribution in [0, 0.1) is 5.92 Å². The highest BCUT2D eigenvalue weighted by Crippen LogP contribution is 2.19. The number of amides is 1. The molecular weight excluding hydrogens is 393 g/mol. The summed E-state index contributed by atoms with van der Waals surface area (Å²) < 4.78 is 0.